The molecule has 1 aliphatic heterocycles. The maximum atomic E-state index is 5.41. The fourth-order valence-corrected chi connectivity index (χ4v) is 3.13. The first-order chi connectivity index (χ1) is 12.1. The third-order valence-corrected chi connectivity index (χ3v) is 4.64. The molecule has 0 spiro atoms. The Balaban J connectivity index is 1.51. The Kier molecular flexibility index (Phi) is 5.89. The van der Waals surface area contributed by atoms with Crippen LogP contribution in [0.1, 0.15) is 16.7 Å². The molecule has 1 saturated heterocycles. The first-order valence-electron chi connectivity index (χ1n) is 8.65. The van der Waals surface area contributed by atoms with Gasteiger partial charge in [-0.3, -0.25) is 0 Å². The molecule has 0 atom stereocenters. The fourth-order valence-electron chi connectivity index (χ4n) is 2.95. The third-order valence-electron chi connectivity index (χ3n) is 4.40. The summed E-state index contributed by atoms with van der Waals surface area (Å²) >= 11 is 5.41. The summed E-state index contributed by atoms with van der Waals surface area (Å²) in [5, 5.41) is 7.19. The highest BCUT2D eigenvalue weighted by atomic mass is 32.1. The standard InChI is InChI=1S/C20H25N3OS/c1-15-3-8-19(16(2)13-15)22-20(25)21-14-17-4-6-18(7-5-17)23-9-11-24-12-10-23/h3-8,13H,9-12,14H2,1-2H3,(H2,21,22,25). The summed E-state index contributed by atoms with van der Waals surface area (Å²) < 4.78 is 5.40. The number of ether oxygens (including phenoxy) is 1. The van der Waals surface area contributed by atoms with Crippen LogP contribution in [-0.4, -0.2) is 31.4 Å². The smallest absolute Gasteiger partial charge is 0.171 e. The van der Waals surface area contributed by atoms with Crippen LogP contribution >= 0.6 is 12.2 Å². The SMILES string of the molecule is Cc1ccc(NC(=S)NCc2ccc(N3CCOCC3)cc2)c(C)c1. The highest BCUT2D eigenvalue weighted by Gasteiger charge is 2.10. The van der Waals surface area contributed by atoms with E-state index in [4.69, 9.17) is 17.0 Å². The van der Waals surface area contributed by atoms with Crippen molar-refractivity contribution >= 4 is 28.7 Å². The molecule has 1 aliphatic rings. The summed E-state index contributed by atoms with van der Waals surface area (Å²) in [5.74, 6) is 0. The lowest BCUT2D eigenvalue weighted by Crippen LogP contribution is -2.36. The van der Waals surface area contributed by atoms with Gasteiger partial charge in [0.1, 0.15) is 0 Å². The second-order valence-electron chi connectivity index (χ2n) is 6.39. The molecule has 0 aliphatic carbocycles. The van der Waals surface area contributed by atoms with E-state index in [2.05, 4.69) is 71.8 Å². The summed E-state index contributed by atoms with van der Waals surface area (Å²) in [6.07, 6.45) is 0. The van der Waals surface area contributed by atoms with Crippen LogP contribution in [0.3, 0.4) is 0 Å². The molecule has 0 bridgehead atoms. The molecule has 5 heteroatoms. The zero-order chi connectivity index (χ0) is 17.6. The third kappa shape index (κ3) is 4.94. The van der Waals surface area contributed by atoms with Gasteiger partial charge < -0.3 is 20.3 Å². The lowest BCUT2D eigenvalue weighted by Gasteiger charge is -2.28. The first-order valence-corrected chi connectivity index (χ1v) is 9.06. The predicted molar refractivity (Wildman–Crippen MR) is 108 cm³/mol. The maximum absolute atomic E-state index is 5.41. The molecule has 0 radical (unpaired) electrons. The summed E-state index contributed by atoms with van der Waals surface area (Å²) in [6, 6.07) is 14.9. The minimum absolute atomic E-state index is 0.643. The fraction of sp³-hybridized carbons (Fsp3) is 0.350. The molecule has 0 amide bonds. The van der Waals surface area contributed by atoms with E-state index in [9.17, 15) is 0 Å². The number of hydrogen-bond acceptors (Lipinski definition) is 3. The molecule has 2 aromatic carbocycles. The number of aryl methyl sites for hydroxylation is 2. The van der Waals surface area contributed by atoms with Gasteiger partial charge in [-0.25, -0.2) is 0 Å². The number of benzene rings is 2. The lowest BCUT2D eigenvalue weighted by atomic mass is 10.1. The molecule has 3 rings (SSSR count). The van der Waals surface area contributed by atoms with E-state index < -0.39 is 0 Å². The molecule has 1 fully saturated rings. The summed E-state index contributed by atoms with van der Waals surface area (Å²) in [7, 11) is 0. The van der Waals surface area contributed by atoms with E-state index in [0.717, 1.165) is 32.0 Å². The molecular weight excluding hydrogens is 330 g/mol. The van der Waals surface area contributed by atoms with Crippen molar-refractivity contribution in [2.24, 2.45) is 0 Å². The van der Waals surface area contributed by atoms with E-state index in [-0.39, 0.29) is 0 Å². The van der Waals surface area contributed by atoms with Gasteiger partial charge in [-0.05, 0) is 55.4 Å². The van der Waals surface area contributed by atoms with Crippen LogP contribution < -0.4 is 15.5 Å². The number of anilines is 2. The second kappa shape index (κ2) is 8.32. The topological polar surface area (TPSA) is 36.5 Å². The zero-order valence-corrected chi connectivity index (χ0v) is 15.7. The molecule has 2 N–H and O–H groups in total. The monoisotopic (exact) mass is 355 g/mol. The molecule has 25 heavy (non-hydrogen) atoms. The van der Waals surface area contributed by atoms with Crippen LogP contribution in [0.2, 0.25) is 0 Å². The van der Waals surface area contributed by atoms with Gasteiger partial charge in [-0.2, -0.15) is 0 Å². The number of thiocarbonyl (C=S) groups is 1. The van der Waals surface area contributed by atoms with Gasteiger partial charge in [0, 0.05) is 31.0 Å². The van der Waals surface area contributed by atoms with Crippen LogP contribution in [0.5, 0.6) is 0 Å². The first kappa shape index (κ1) is 17.7. The van der Waals surface area contributed by atoms with Crippen molar-refractivity contribution in [3.8, 4) is 0 Å². The van der Waals surface area contributed by atoms with Crippen LogP contribution in [-0.2, 0) is 11.3 Å². The van der Waals surface area contributed by atoms with Gasteiger partial charge in [0.15, 0.2) is 5.11 Å². The Morgan fingerprint density at radius 3 is 2.48 bits per heavy atom. The Morgan fingerprint density at radius 2 is 1.80 bits per heavy atom. The maximum Gasteiger partial charge on any atom is 0.171 e. The minimum Gasteiger partial charge on any atom is -0.378 e. The van der Waals surface area contributed by atoms with Crippen molar-refractivity contribution in [3.63, 3.8) is 0 Å². The van der Waals surface area contributed by atoms with E-state index >= 15 is 0 Å². The molecule has 0 aromatic heterocycles. The number of hydrogen-bond donors (Lipinski definition) is 2. The van der Waals surface area contributed by atoms with Gasteiger partial charge in [0.05, 0.1) is 13.2 Å². The number of morpholine rings is 1. The largest absolute Gasteiger partial charge is 0.378 e. The van der Waals surface area contributed by atoms with Gasteiger partial charge in [-0.1, -0.05) is 29.8 Å². The Hall–Kier alpha value is -2.11. The number of nitrogens with zero attached hydrogens (tertiary/aromatic N) is 1. The summed E-state index contributed by atoms with van der Waals surface area (Å²) in [6.45, 7) is 8.42. The number of rotatable bonds is 4. The molecule has 4 nitrogen and oxygen atoms in total. The molecule has 2 aromatic rings. The van der Waals surface area contributed by atoms with Gasteiger partial charge in [0.25, 0.3) is 0 Å². The van der Waals surface area contributed by atoms with Crippen LogP contribution in [0.4, 0.5) is 11.4 Å². The van der Waals surface area contributed by atoms with Crippen molar-refractivity contribution in [1.29, 1.82) is 0 Å². The molecule has 0 saturated carbocycles. The second-order valence-corrected chi connectivity index (χ2v) is 6.80. The number of nitrogens with one attached hydrogen (secondary N) is 2. The predicted octanol–water partition coefficient (Wildman–Crippen LogP) is 3.63. The average molecular weight is 356 g/mol. The zero-order valence-electron chi connectivity index (χ0n) is 14.8. The Bertz CT molecular complexity index is 724. The average Bonchev–Trinajstić information content (AvgIpc) is 2.63. The highest BCUT2D eigenvalue weighted by Crippen LogP contribution is 2.17. The van der Waals surface area contributed by atoms with Crippen molar-refractivity contribution in [3.05, 3.63) is 59.2 Å². The van der Waals surface area contributed by atoms with Gasteiger partial charge in [0.2, 0.25) is 0 Å². The summed E-state index contributed by atoms with van der Waals surface area (Å²) in [4.78, 5) is 2.35. The highest BCUT2D eigenvalue weighted by molar-refractivity contribution is 7.80. The van der Waals surface area contributed by atoms with Gasteiger partial charge in [-0.15, -0.1) is 0 Å². The Morgan fingerprint density at radius 1 is 1.08 bits per heavy atom. The van der Waals surface area contributed by atoms with Crippen molar-refractivity contribution in [2.75, 3.05) is 36.5 Å². The lowest BCUT2D eigenvalue weighted by molar-refractivity contribution is 0.122. The Labute approximate surface area is 155 Å². The van der Waals surface area contributed by atoms with Crippen molar-refractivity contribution < 1.29 is 4.74 Å². The molecule has 1 heterocycles. The van der Waals surface area contributed by atoms with Crippen LogP contribution in [0.15, 0.2) is 42.5 Å². The van der Waals surface area contributed by atoms with E-state index in [0.29, 0.717) is 11.7 Å². The van der Waals surface area contributed by atoms with Crippen molar-refractivity contribution in [1.82, 2.24) is 5.32 Å². The van der Waals surface area contributed by atoms with E-state index in [1.807, 2.05) is 0 Å². The minimum atomic E-state index is 0.643. The molecule has 0 unspecified atom stereocenters. The molecule has 132 valence electrons. The quantitative estimate of drug-likeness (QED) is 0.819. The van der Waals surface area contributed by atoms with Crippen molar-refractivity contribution in [2.45, 2.75) is 20.4 Å². The van der Waals surface area contributed by atoms with E-state index in [1.54, 1.807) is 0 Å². The molecular formula is C20H25N3OS. The normalized spacial score (nSPS) is 14.2. The van der Waals surface area contributed by atoms with Crippen LogP contribution in [0, 0.1) is 13.8 Å². The van der Waals surface area contributed by atoms with Gasteiger partial charge >= 0.3 is 0 Å². The van der Waals surface area contributed by atoms with Crippen LogP contribution in [0.25, 0.3) is 0 Å². The summed E-state index contributed by atoms with van der Waals surface area (Å²) in [5.41, 5.74) is 5.96. The van der Waals surface area contributed by atoms with E-state index in [1.165, 1.54) is 22.4 Å².